The van der Waals surface area contributed by atoms with E-state index in [1.807, 2.05) is 0 Å². The SMILES string of the molecule is c1ccc(-[n+]2c(-c3ccc(-c4c5ccccc5c(-c5cc6cccc7c8cccc9ccc%10cccc(c%11cccc5c%11c67)c%10c98)c5ccccc45)cc3)[nH]c3ccccc32)cc1. The first-order valence-corrected chi connectivity index (χ1v) is 21.8. The molecule has 0 unspecified atom stereocenters. The minimum atomic E-state index is 1.06. The molecule has 13 aromatic carbocycles. The molecule has 0 radical (unpaired) electrons. The number of aromatic amines is 1. The molecule has 0 saturated heterocycles. The number of nitrogens with zero attached hydrogens (tertiary/aromatic N) is 1. The molecule has 0 aliphatic rings. The van der Waals surface area contributed by atoms with Gasteiger partial charge in [-0.1, -0.05) is 176 Å². The van der Waals surface area contributed by atoms with Crippen molar-refractivity contribution in [2.45, 2.75) is 0 Å². The van der Waals surface area contributed by atoms with E-state index in [0.29, 0.717) is 0 Å². The molecule has 0 aliphatic carbocycles. The van der Waals surface area contributed by atoms with Crippen molar-refractivity contribution < 1.29 is 4.57 Å². The first-order chi connectivity index (χ1) is 31.3. The second-order valence-corrected chi connectivity index (χ2v) is 17.0. The van der Waals surface area contributed by atoms with Crippen molar-refractivity contribution in [3.8, 4) is 39.3 Å². The number of rotatable bonds is 4. The Bertz CT molecular complexity index is 4120. The summed E-state index contributed by atoms with van der Waals surface area (Å²) in [4.78, 5) is 3.75. The number of H-pyrrole nitrogens is 1. The highest BCUT2D eigenvalue weighted by molar-refractivity contribution is 6.39. The minimum absolute atomic E-state index is 1.06. The Morgan fingerprint density at radius 2 is 0.762 bits per heavy atom. The number of imidazole rings is 1. The molecule has 0 atom stereocenters. The third-order valence-corrected chi connectivity index (χ3v) is 13.8. The van der Waals surface area contributed by atoms with Crippen LogP contribution in [0.25, 0.3) is 137 Å². The largest absolute Gasteiger partial charge is 0.292 e. The van der Waals surface area contributed by atoms with Gasteiger partial charge in [-0.2, -0.15) is 4.57 Å². The fourth-order valence-corrected chi connectivity index (χ4v) is 11.2. The number of fused-ring (bicyclic) bond motifs is 5. The van der Waals surface area contributed by atoms with Gasteiger partial charge in [0.1, 0.15) is 5.69 Å². The average Bonchev–Trinajstić information content (AvgIpc) is 3.74. The molecule has 0 spiro atoms. The van der Waals surface area contributed by atoms with Crippen LogP contribution in [0.15, 0.2) is 218 Å². The van der Waals surface area contributed by atoms with E-state index in [2.05, 4.69) is 228 Å². The summed E-state index contributed by atoms with van der Waals surface area (Å²) >= 11 is 0. The van der Waals surface area contributed by atoms with Crippen LogP contribution in [0, 0.1) is 0 Å². The molecule has 1 aromatic heterocycles. The van der Waals surface area contributed by atoms with Gasteiger partial charge in [0.25, 0.3) is 5.82 Å². The van der Waals surface area contributed by atoms with Crippen molar-refractivity contribution in [2.75, 3.05) is 0 Å². The zero-order valence-corrected chi connectivity index (χ0v) is 34.2. The molecular weight excluding hydrogens is 761 g/mol. The quantitative estimate of drug-likeness (QED) is 0.104. The molecular formula is C61H37N2+. The first kappa shape index (κ1) is 34.4. The van der Waals surface area contributed by atoms with Gasteiger partial charge in [-0.05, 0) is 151 Å². The molecule has 2 heteroatoms. The number of para-hydroxylation sites is 3. The van der Waals surface area contributed by atoms with Crippen LogP contribution in [-0.4, -0.2) is 4.98 Å². The molecule has 290 valence electrons. The number of hydrogen-bond acceptors (Lipinski definition) is 0. The van der Waals surface area contributed by atoms with Crippen LogP contribution in [0.1, 0.15) is 0 Å². The van der Waals surface area contributed by atoms with E-state index in [1.54, 1.807) is 0 Å². The lowest BCUT2D eigenvalue weighted by Crippen LogP contribution is -2.31. The lowest BCUT2D eigenvalue weighted by atomic mass is 9.82. The smallest absolute Gasteiger partial charge is 0.236 e. The molecule has 63 heavy (non-hydrogen) atoms. The third kappa shape index (κ3) is 4.86. The molecule has 14 rings (SSSR count). The number of nitrogens with one attached hydrogen (secondary N) is 1. The van der Waals surface area contributed by atoms with Gasteiger partial charge < -0.3 is 0 Å². The first-order valence-electron chi connectivity index (χ1n) is 21.8. The summed E-state index contributed by atoms with van der Waals surface area (Å²) in [6.07, 6.45) is 0. The van der Waals surface area contributed by atoms with Crippen LogP contribution in [0.2, 0.25) is 0 Å². The zero-order chi connectivity index (χ0) is 41.2. The second kappa shape index (κ2) is 13.1. The summed E-state index contributed by atoms with van der Waals surface area (Å²) < 4.78 is 2.33. The Hall–Kier alpha value is -8.33. The Kier molecular flexibility index (Phi) is 7.14. The molecule has 0 aliphatic heterocycles. The lowest BCUT2D eigenvalue weighted by molar-refractivity contribution is -0.554. The van der Waals surface area contributed by atoms with E-state index in [4.69, 9.17) is 0 Å². The van der Waals surface area contributed by atoms with Crippen LogP contribution >= 0.6 is 0 Å². The molecule has 0 amide bonds. The van der Waals surface area contributed by atoms with E-state index in [1.165, 1.54) is 108 Å². The topological polar surface area (TPSA) is 19.7 Å². The normalized spacial score (nSPS) is 12.1. The summed E-state index contributed by atoms with van der Waals surface area (Å²) in [6, 6.07) is 81.0. The fourth-order valence-electron chi connectivity index (χ4n) is 11.2. The molecule has 14 aromatic rings. The molecule has 0 fully saturated rings. The van der Waals surface area contributed by atoms with Gasteiger partial charge in [0, 0.05) is 0 Å². The number of hydrogen-bond donors (Lipinski definition) is 1. The van der Waals surface area contributed by atoms with Gasteiger partial charge in [0.15, 0.2) is 11.0 Å². The monoisotopic (exact) mass is 797 g/mol. The Morgan fingerprint density at radius 1 is 0.302 bits per heavy atom. The van der Waals surface area contributed by atoms with E-state index in [-0.39, 0.29) is 0 Å². The Morgan fingerprint density at radius 3 is 1.40 bits per heavy atom. The summed E-state index contributed by atoms with van der Waals surface area (Å²) in [7, 11) is 0. The maximum atomic E-state index is 3.75. The van der Waals surface area contributed by atoms with Crippen molar-refractivity contribution in [1.29, 1.82) is 0 Å². The maximum absolute atomic E-state index is 3.75. The second-order valence-electron chi connectivity index (χ2n) is 17.0. The van der Waals surface area contributed by atoms with Crippen molar-refractivity contribution in [2.24, 2.45) is 0 Å². The van der Waals surface area contributed by atoms with Crippen molar-refractivity contribution in [1.82, 2.24) is 4.98 Å². The molecule has 2 nitrogen and oxygen atoms in total. The molecule has 1 heterocycles. The predicted octanol–water partition coefficient (Wildman–Crippen LogP) is 16.1. The molecule has 1 N–H and O–H groups in total. The molecule has 0 saturated carbocycles. The van der Waals surface area contributed by atoms with Gasteiger partial charge in [-0.3, -0.25) is 0 Å². The average molecular weight is 798 g/mol. The molecule has 0 bridgehead atoms. The Labute approximate surface area is 362 Å². The maximum Gasteiger partial charge on any atom is 0.292 e. The summed E-state index contributed by atoms with van der Waals surface area (Å²) in [5, 5.41) is 20.5. The zero-order valence-electron chi connectivity index (χ0n) is 34.2. The lowest BCUT2D eigenvalue weighted by Gasteiger charge is -2.21. The van der Waals surface area contributed by atoms with Crippen LogP contribution < -0.4 is 4.57 Å². The van der Waals surface area contributed by atoms with Crippen LogP contribution in [0.4, 0.5) is 0 Å². The van der Waals surface area contributed by atoms with Crippen LogP contribution in [0.5, 0.6) is 0 Å². The van der Waals surface area contributed by atoms with Crippen LogP contribution in [0.3, 0.4) is 0 Å². The van der Waals surface area contributed by atoms with Gasteiger partial charge in [-0.15, -0.1) is 0 Å². The van der Waals surface area contributed by atoms with Gasteiger partial charge in [0.2, 0.25) is 0 Å². The number of aromatic nitrogens is 2. The Balaban J connectivity index is 1.05. The van der Waals surface area contributed by atoms with E-state index in [9.17, 15) is 0 Å². The standard InChI is InChI=1S/C61H36N2/c1-2-17-42(18-3-1)63-54-29-9-8-28-53(54)62-61(63)40-34-32-39(33-35-40)55-43-19-4-6-21-48(43)59(49-22-7-5-20-44(49)55)52-36-41-16-12-25-46-45-23-10-14-37-30-31-38-15-11-24-47(57(38)56(37)45)50-26-13-27-51(52)60(50)58(41)46/h1-36H/p+1. The highest BCUT2D eigenvalue weighted by Crippen LogP contribution is 2.50. The third-order valence-electron chi connectivity index (χ3n) is 13.8. The van der Waals surface area contributed by atoms with Crippen molar-refractivity contribution in [3.63, 3.8) is 0 Å². The van der Waals surface area contributed by atoms with E-state index >= 15 is 0 Å². The van der Waals surface area contributed by atoms with Gasteiger partial charge >= 0.3 is 0 Å². The summed E-state index contributed by atoms with van der Waals surface area (Å²) in [5.74, 6) is 1.06. The van der Waals surface area contributed by atoms with Gasteiger partial charge in [-0.25, -0.2) is 4.98 Å². The predicted molar refractivity (Wildman–Crippen MR) is 267 cm³/mol. The van der Waals surface area contributed by atoms with Crippen molar-refractivity contribution in [3.05, 3.63) is 218 Å². The highest BCUT2D eigenvalue weighted by atomic mass is 15.1. The number of benzene rings is 12. The minimum Gasteiger partial charge on any atom is -0.236 e. The van der Waals surface area contributed by atoms with E-state index < -0.39 is 0 Å². The van der Waals surface area contributed by atoms with Crippen molar-refractivity contribution >= 4 is 97.2 Å². The van der Waals surface area contributed by atoms with Gasteiger partial charge in [0.05, 0.1) is 5.56 Å². The highest BCUT2D eigenvalue weighted by Gasteiger charge is 2.24. The van der Waals surface area contributed by atoms with Crippen LogP contribution in [-0.2, 0) is 0 Å². The summed E-state index contributed by atoms with van der Waals surface area (Å²) in [6.45, 7) is 0. The summed E-state index contributed by atoms with van der Waals surface area (Å²) in [5.41, 5.74) is 9.49. The fraction of sp³-hybridized carbons (Fsp3) is 0. The van der Waals surface area contributed by atoms with E-state index in [0.717, 1.165) is 28.1 Å².